The number of hydrogen-bond acceptors (Lipinski definition) is 1. The van der Waals surface area contributed by atoms with Gasteiger partial charge in [0.25, 0.3) is 0 Å². The number of carbonyl (C=O) groups excluding carboxylic acids is 1. The monoisotopic (exact) mass is 180 g/mol. The zero-order valence-corrected chi connectivity index (χ0v) is 9.35. The van der Waals surface area contributed by atoms with Crippen molar-refractivity contribution in [2.24, 2.45) is 28.6 Å². The Hall–Kier alpha value is -0.330. The lowest BCUT2D eigenvalue weighted by molar-refractivity contribution is -0.119. The van der Waals surface area contributed by atoms with Crippen molar-refractivity contribution in [3.8, 4) is 0 Å². The normalized spacial score (nSPS) is 44.2. The third-order valence-corrected chi connectivity index (χ3v) is 4.37. The van der Waals surface area contributed by atoms with Crippen LogP contribution in [0.5, 0.6) is 0 Å². The van der Waals surface area contributed by atoms with Gasteiger partial charge in [-0.3, -0.25) is 4.79 Å². The smallest absolute Gasteiger partial charge is 0.133 e. The summed E-state index contributed by atoms with van der Waals surface area (Å²) in [6, 6.07) is 0. The molecule has 2 saturated carbocycles. The van der Waals surface area contributed by atoms with Crippen LogP contribution in [0.2, 0.25) is 0 Å². The summed E-state index contributed by atoms with van der Waals surface area (Å²) in [4.78, 5) is 11.4. The van der Waals surface area contributed by atoms with Gasteiger partial charge in [-0.25, -0.2) is 0 Å². The summed E-state index contributed by atoms with van der Waals surface area (Å²) in [7, 11) is 0. The number of Topliss-reactive ketones (excluding diaryl/α,β-unsaturated/α-hetero) is 1. The Morgan fingerprint density at radius 3 is 1.92 bits per heavy atom. The summed E-state index contributed by atoms with van der Waals surface area (Å²) in [5, 5.41) is 0. The highest BCUT2D eigenvalue weighted by molar-refractivity contribution is 5.83. The second kappa shape index (κ2) is 2.18. The quantitative estimate of drug-likeness (QED) is 0.638. The Labute approximate surface area is 80.9 Å². The van der Waals surface area contributed by atoms with Crippen molar-refractivity contribution in [3.63, 3.8) is 0 Å². The van der Waals surface area contributed by atoms with E-state index >= 15 is 0 Å². The molecular formula is C12H20O. The first kappa shape index (κ1) is 9.23. The third kappa shape index (κ3) is 1.16. The standard InChI is InChI=1S/C12H20O/c1-7(13)9-10(12(9,4)5)8-6-11(8,2)3/h8-10H,6H2,1-5H3. The largest absolute Gasteiger partial charge is 0.300 e. The zero-order valence-electron chi connectivity index (χ0n) is 9.35. The van der Waals surface area contributed by atoms with Crippen LogP contribution in [0.25, 0.3) is 0 Å². The summed E-state index contributed by atoms with van der Waals surface area (Å²) in [6.45, 7) is 10.9. The van der Waals surface area contributed by atoms with Crippen molar-refractivity contribution in [2.45, 2.75) is 41.0 Å². The maximum absolute atomic E-state index is 11.4. The van der Waals surface area contributed by atoms with E-state index in [9.17, 15) is 4.79 Å². The molecule has 2 fully saturated rings. The molecule has 13 heavy (non-hydrogen) atoms. The van der Waals surface area contributed by atoms with Crippen LogP contribution in [0.3, 0.4) is 0 Å². The lowest BCUT2D eigenvalue weighted by atomic mass is 10.0. The molecule has 0 bridgehead atoms. The van der Waals surface area contributed by atoms with E-state index in [0.717, 1.165) is 5.92 Å². The lowest BCUT2D eigenvalue weighted by Gasteiger charge is -2.03. The Morgan fingerprint density at radius 2 is 1.69 bits per heavy atom. The predicted octanol–water partition coefficient (Wildman–Crippen LogP) is 2.89. The van der Waals surface area contributed by atoms with Crippen LogP contribution in [0, 0.1) is 28.6 Å². The molecule has 1 heteroatoms. The highest BCUT2D eigenvalue weighted by atomic mass is 16.1. The molecule has 0 aromatic heterocycles. The Balaban J connectivity index is 2.09. The molecule has 0 aromatic carbocycles. The first-order valence-electron chi connectivity index (χ1n) is 5.29. The number of rotatable bonds is 2. The van der Waals surface area contributed by atoms with Gasteiger partial charge in [0.2, 0.25) is 0 Å². The van der Waals surface area contributed by atoms with E-state index in [1.807, 2.05) is 0 Å². The van der Waals surface area contributed by atoms with E-state index < -0.39 is 0 Å². The summed E-state index contributed by atoms with van der Waals surface area (Å²) in [5.74, 6) is 2.26. The van der Waals surface area contributed by atoms with Crippen molar-refractivity contribution in [1.29, 1.82) is 0 Å². The molecule has 0 saturated heterocycles. The zero-order chi connectivity index (χ0) is 10.0. The second-order valence-corrected chi connectivity index (χ2v) is 6.23. The fraction of sp³-hybridized carbons (Fsp3) is 0.917. The van der Waals surface area contributed by atoms with Crippen molar-refractivity contribution in [1.82, 2.24) is 0 Å². The lowest BCUT2D eigenvalue weighted by Crippen LogP contribution is -1.99. The van der Waals surface area contributed by atoms with Gasteiger partial charge in [-0.05, 0) is 36.0 Å². The minimum absolute atomic E-state index is 0.296. The van der Waals surface area contributed by atoms with Crippen LogP contribution in [0.4, 0.5) is 0 Å². The minimum Gasteiger partial charge on any atom is -0.300 e. The van der Waals surface area contributed by atoms with Gasteiger partial charge in [-0.2, -0.15) is 0 Å². The van der Waals surface area contributed by atoms with Gasteiger partial charge in [-0.15, -0.1) is 0 Å². The maximum Gasteiger partial charge on any atom is 0.133 e. The average molecular weight is 180 g/mol. The molecular weight excluding hydrogens is 160 g/mol. The Bertz CT molecular complexity index is 262. The average Bonchev–Trinajstić information content (AvgIpc) is 2.68. The maximum atomic E-state index is 11.4. The first-order chi connectivity index (χ1) is 5.78. The van der Waals surface area contributed by atoms with Crippen molar-refractivity contribution in [2.75, 3.05) is 0 Å². The second-order valence-electron chi connectivity index (χ2n) is 6.23. The van der Waals surface area contributed by atoms with Gasteiger partial charge >= 0.3 is 0 Å². The van der Waals surface area contributed by atoms with Crippen molar-refractivity contribution >= 4 is 5.78 Å². The molecule has 0 heterocycles. The fourth-order valence-corrected chi connectivity index (χ4v) is 3.33. The van der Waals surface area contributed by atoms with E-state index in [0.29, 0.717) is 28.4 Å². The molecule has 0 amide bonds. The minimum atomic E-state index is 0.296. The predicted molar refractivity (Wildman–Crippen MR) is 53.3 cm³/mol. The van der Waals surface area contributed by atoms with Crippen LogP contribution in [0.15, 0.2) is 0 Å². The fourth-order valence-electron chi connectivity index (χ4n) is 3.33. The van der Waals surface area contributed by atoms with Crippen LogP contribution < -0.4 is 0 Å². The molecule has 2 aliphatic rings. The van der Waals surface area contributed by atoms with E-state index in [-0.39, 0.29) is 0 Å². The molecule has 2 aliphatic carbocycles. The van der Waals surface area contributed by atoms with E-state index in [2.05, 4.69) is 27.7 Å². The van der Waals surface area contributed by atoms with Crippen LogP contribution >= 0.6 is 0 Å². The van der Waals surface area contributed by atoms with E-state index in [1.54, 1.807) is 6.92 Å². The molecule has 2 rings (SSSR count). The molecule has 3 atom stereocenters. The third-order valence-electron chi connectivity index (χ3n) is 4.37. The van der Waals surface area contributed by atoms with Gasteiger partial charge < -0.3 is 0 Å². The highest BCUT2D eigenvalue weighted by Crippen LogP contribution is 2.72. The highest BCUT2D eigenvalue weighted by Gasteiger charge is 2.69. The summed E-state index contributed by atoms with van der Waals surface area (Å²) >= 11 is 0. The SMILES string of the molecule is CC(=O)C1C(C2CC2(C)C)C1(C)C. The summed E-state index contributed by atoms with van der Waals surface area (Å²) in [5.41, 5.74) is 0.816. The molecule has 0 spiro atoms. The molecule has 0 aromatic rings. The number of carbonyl (C=O) groups is 1. The topological polar surface area (TPSA) is 17.1 Å². The molecule has 3 unspecified atom stereocenters. The Morgan fingerprint density at radius 1 is 1.23 bits per heavy atom. The molecule has 0 radical (unpaired) electrons. The van der Waals surface area contributed by atoms with E-state index in [4.69, 9.17) is 0 Å². The van der Waals surface area contributed by atoms with Crippen molar-refractivity contribution < 1.29 is 4.79 Å². The molecule has 1 nitrogen and oxygen atoms in total. The van der Waals surface area contributed by atoms with Gasteiger partial charge in [0.15, 0.2) is 0 Å². The Kier molecular flexibility index (Phi) is 1.55. The summed E-state index contributed by atoms with van der Waals surface area (Å²) < 4.78 is 0. The molecule has 0 N–H and O–H groups in total. The van der Waals surface area contributed by atoms with Crippen LogP contribution in [-0.4, -0.2) is 5.78 Å². The van der Waals surface area contributed by atoms with Crippen molar-refractivity contribution in [3.05, 3.63) is 0 Å². The molecule has 74 valence electrons. The first-order valence-corrected chi connectivity index (χ1v) is 5.29. The van der Waals surface area contributed by atoms with Crippen LogP contribution in [0.1, 0.15) is 41.0 Å². The number of ketones is 1. The molecule has 0 aliphatic heterocycles. The van der Waals surface area contributed by atoms with Gasteiger partial charge in [0.05, 0.1) is 0 Å². The van der Waals surface area contributed by atoms with Crippen LogP contribution in [-0.2, 0) is 4.79 Å². The van der Waals surface area contributed by atoms with Gasteiger partial charge in [0, 0.05) is 5.92 Å². The number of hydrogen-bond donors (Lipinski definition) is 0. The van der Waals surface area contributed by atoms with Gasteiger partial charge in [-0.1, -0.05) is 27.7 Å². The van der Waals surface area contributed by atoms with Gasteiger partial charge in [0.1, 0.15) is 5.78 Å². The summed E-state index contributed by atoms with van der Waals surface area (Å²) in [6.07, 6.45) is 1.32. The van der Waals surface area contributed by atoms with E-state index in [1.165, 1.54) is 6.42 Å².